The van der Waals surface area contributed by atoms with Crippen LogP contribution < -0.4 is 5.32 Å². The monoisotopic (exact) mass is 419 g/mol. The summed E-state index contributed by atoms with van der Waals surface area (Å²) in [5.74, 6) is 0.0380. The molecule has 0 spiro atoms. The van der Waals surface area contributed by atoms with Crippen LogP contribution in [0, 0.1) is 0 Å². The van der Waals surface area contributed by atoms with Crippen LogP contribution in [0.15, 0.2) is 54.7 Å². The van der Waals surface area contributed by atoms with Crippen molar-refractivity contribution in [3.05, 3.63) is 71.4 Å². The zero-order valence-electron chi connectivity index (χ0n) is 18.0. The smallest absolute Gasteiger partial charge is 0.256 e. The Morgan fingerprint density at radius 1 is 0.968 bits per heavy atom. The van der Waals surface area contributed by atoms with Crippen molar-refractivity contribution >= 4 is 22.7 Å². The van der Waals surface area contributed by atoms with Crippen molar-refractivity contribution in [1.82, 2.24) is 14.8 Å². The molecular formula is C25H29N3O3. The fraction of sp³-hybridized carbons (Fsp3) is 0.360. The zero-order chi connectivity index (χ0) is 21.6. The number of aryl methyl sites for hydroxylation is 2. The maximum absolute atomic E-state index is 13.1. The molecule has 0 radical (unpaired) electrons. The number of aromatic nitrogens is 1. The summed E-state index contributed by atoms with van der Waals surface area (Å²) in [6.45, 7) is 3.31. The number of amides is 2. The van der Waals surface area contributed by atoms with Gasteiger partial charge in [-0.3, -0.25) is 9.59 Å². The van der Waals surface area contributed by atoms with E-state index in [9.17, 15) is 9.59 Å². The van der Waals surface area contributed by atoms with E-state index in [0.29, 0.717) is 26.3 Å². The maximum atomic E-state index is 13.1. The molecule has 0 unspecified atom stereocenters. The average Bonchev–Trinajstić information content (AvgIpc) is 3.20. The summed E-state index contributed by atoms with van der Waals surface area (Å²) in [4.78, 5) is 27.0. The highest BCUT2D eigenvalue weighted by Gasteiger charge is 2.22. The van der Waals surface area contributed by atoms with Crippen LogP contribution in [0.2, 0.25) is 0 Å². The van der Waals surface area contributed by atoms with Gasteiger partial charge in [-0.15, -0.1) is 0 Å². The zero-order valence-corrected chi connectivity index (χ0v) is 18.0. The van der Waals surface area contributed by atoms with Crippen LogP contribution in [0.5, 0.6) is 0 Å². The standard InChI is InChI=1S/C25H29N3O3/c1-26-24(29)20-10-3-2-8-19(20)9-6-7-13-28-18-22(21-11-4-5-12-23(21)28)25(30)27-14-16-31-17-15-27/h2-5,8,10-12,18H,6-7,9,13-17H2,1H3,(H,26,29). The topological polar surface area (TPSA) is 63.6 Å². The summed E-state index contributed by atoms with van der Waals surface area (Å²) < 4.78 is 7.57. The second-order valence-corrected chi connectivity index (χ2v) is 7.85. The average molecular weight is 420 g/mol. The highest BCUT2D eigenvalue weighted by atomic mass is 16.5. The van der Waals surface area contributed by atoms with Crippen LogP contribution in [-0.2, 0) is 17.7 Å². The van der Waals surface area contributed by atoms with Crippen LogP contribution >= 0.6 is 0 Å². The Hall–Kier alpha value is -3.12. The molecule has 1 aromatic heterocycles. The lowest BCUT2D eigenvalue weighted by Gasteiger charge is -2.26. The first-order valence-corrected chi connectivity index (χ1v) is 10.9. The largest absolute Gasteiger partial charge is 0.378 e. The first-order chi connectivity index (χ1) is 15.2. The Morgan fingerprint density at radius 2 is 1.71 bits per heavy atom. The Kier molecular flexibility index (Phi) is 6.67. The molecule has 1 N–H and O–H groups in total. The van der Waals surface area contributed by atoms with Crippen LogP contribution in [0.1, 0.15) is 39.1 Å². The van der Waals surface area contributed by atoms with Crippen molar-refractivity contribution in [2.24, 2.45) is 0 Å². The van der Waals surface area contributed by atoms with Gasteiger partial charge in [0, 0.05) is 49.3 Å². The van der Waals surface area contributed by atoms with E-state index in [2.05, 4.69) is 16.0 Å². The van der Waals surface area contributed by atoms with Gasteiger partial charge in [-0.2, -0.15) is 0 Å². The first kappa shape index (κ1) is 21.1. The van der Waals surface area contributed by atoms with Crippen LogP contribution in [0.3, 0.4) is 0 Å². The highest BCUT2D eigenvalue weighted by Crippen LogP contribution is 2.24. The Bertz CT molecular complexity index is 1070. The SMILES string of the molecule is CNC(=O)c1ccccc1CCCCn1cc(C(=O)N2CCOCC2)c2ccccc21. The summed E-state index contributed by atoms with van der Waals surface area (Å²) in [5.41, 5.74) is 3.67. The Labute approximate surface area is 182 Å². The molecule has 0 bridgehead atoms. The number of carbonyl (C=O) groups is 2. The van der Waals surface area contributed by atoms with Gasteiger partial charge in [0.1, 0.15) is 0 Å². The van der Waals surface area contributed by atoms with E-state index in [4.69, 9.17) is 4.74 Å². The third-order valence-electron chi connectivity index (χ3n) is 5.90. The normalized spacial score (nSPS) is 14.0. The van der Waals surface area contributed by atoms with Crippen molar-refractivity contribution in [3.63, 3.8) is 0 Å². The third-order valence-corrected chi connectivity index (χ3v) is 5.90. The van der Waals surface area contributed by atoms with Gasteiger partial charge in [0.05, 0.1) is 18.8 Å². The molecule has 162 valence electrons. The van der Waals surface area contributed by atoms with E-state index in [1.54, 1.807) is 7.05 Å². The number of unbranched alkanes of at least 4 members (excludes halogenated alkanes) is 1. The molecule has 1 saturated heterocycles. The van der Waals surface area contributed by atoms with Gasteiger partial charge < -0.3 is 19.5 Å². The number of hydrogen-bond donors (Lipinski definition) is 1. The molecule has 2 amide bonds. The number of morpholine rings is 1. The van der Waals surface area contributed by atoms with Crippen molar-refractivity contribution in [2.45, 2.75) is 25.8 Å². The number of hydrogen-bond acceptors (Lipinski definition) is 3. The van der Waals surface area contributed by atoms with Gasteiger partial charge in [-0.05, 0) is 37.0 Å². The van der Waals surface area contributed by atoms with E-state index < -0.39 is 0 Å². The van der Waals surface area contributed by atoms with Gasteiger partial charge in [0.15, 0.2) is 0 Å². The number of ether oxygens (including phenoxy) is 1. The minimum absolute atomic E-state index is 0.0433. The quantitative estimate of drug-likeness (QED) is 0.596. The van der Waals surface area contributed by atoms with E-state index >= 15 is 0 Å². The third kappa shape index (κ3) is 4.64. The molecule has 4 rings (SSSR count). The second kappa shape index (κ2) is 9.79. The molecule has 0 saturated carbocycles. The van der Waals surface area contributed by atoms with E-state index in [0.717, 1.165) is 53.4 Å². The van der Waals surface area contributed by atoms with Crippen molar-refractivity contribution in [1.29, 1.82) is 0 Å². The predicted octanol–water partition coefficient (Wildman–Crippen LogP) is 3.50. The predicted molar refractivity (Wildman–Crippen MR) is 121 cm³/mol. The Morgan fingerprint density at radius 3 is 2.52 bits per heavy atom. The molecular weight excluding hydrogens is 390 g/mol. The molecule has 2 heterocycles. The first-order valence-electron chi connectivity index (χ1n) is 10.9. The van der Waals surface area contributed by atoms with E-state index in [-0.39, 0.29) is 11.8 Å². The maximum Gasteiger partial charge on any atom is 0.256 e. The number of para-hydroxylation sites is 1. The Balaban J connectivity index is 1.45. The van der Waals surface area contributed by atoms with Gasteiger partial charge in [0.2, 0.25) is 0 Å². The number of nitrogens with one attached hydrogen (secondary N) is 1. The van der Waals surface area contributed by atoms with Crippen molar-refractivity contribution in [2.75, 3.05) is 33.4 Å². The molecule has 3 aromatic rings. The molecule has 6 heteroatoms. The number of benzene rings is 2. The van der Waals surface area contributed by atoms with Crippen molar-refractivity contribution in [3.8, 4) is 0 Å². The lowest BCUT2D eigenvalue weighted by Crippen LogP contribution is -2.40. The summed E-state index contributed by atoms with van der Waals surface area (Å²) in [5, 5.41) is 3.72. The number of nitrogens with zero attached hydrogens (tertiary/aromatic N) is 2. The molecule has 1 fully saturated rings. The lowest BCUT2D eigenvalue weighted by molar-refractivity contribution is 0.0304. The highest BCUT2D eigenvalue weighted by molar-refractivity contribution is 6.07. The van der Waals surface area contributed by atoms with Gasteiger partial charge in [-0.1, -0.05) is 36.4 Å². The van der Waals surface area contributed by atoms with Gasteiger partial charge in [-0.25, -0.2) is 0 Å². The summed E-state index contributed by atoms with van der Waals surface area (Å²) in [7, 11) is 1.66. The van der Waals surface area contributed by atoms with E-state index in [1.807, 2.05) is 53.6 Å². The molecule has 0 aliphatic carbocycles. The number of carbonyl (C=O) groups excluding carboxylic acids is 2. The molecule has 1 aliphatic heterocycles. The van der Waals surface area contributed by atoms with Crippen LogP contribution in [0.4, 0.5) is 0 Å². The van der Waals surface area contributed by atoms with E-state index in [1.165, 1.54) is 0 Å². The molecule has 1 aliphatic rings. The minimum atomic E-state index is -0.0433. The molecule has 31 heavy (non-hydrogen) atoms. The fourth-order valence-electron chi connectivity index (χ4n) is 4.23. The fourth-order valence-corrected chi connectivity index (χ4v) is 4.23. The summed E-state index contributed by atoms with van der Waals surface area (Å²) >= 11 is 0. The van der Waals surface area contributed by atoms with Gasteiger partial charge >= 0.3 is 0 Å². The number of rotatable bonds is 7. The van der Waals surface area contributed by atoms with Crippen molar-refractivity contribution < 1.29 is 14.3 Å². The second-order valence-electron chi connectivity index (χ2n) is 7.85. The minimum Gasteiger partial charge on any atom is -0.378 e. The molecule has 2 aromatic carbocycles. The molecule has 0 atom stereocenters. The van der Waals surface area contributed by atoms with Crippen LogP contribution in [0.25, 0.3) is 10.9 Å². The summed E-state index contributed by atoms with van der Waals surface area (Å²) in [6, 6.07) is 15.9. The van der Waals surface area contributed by atoms with Crippen LogP contribution in [-0.4, -0.2) is 54.6 Å². The molecule has 6 nitrogen and oxygen atoms in total. The summed E-state index contributed by atoms with van der Waals surface area (Å²) in [6.07, 6.45) is 4.78. The lowest BCUT2D eigenvalue weighted by atomic mass is 10.0. The number of fused-ring (bicyclic) bond motifs is 1. The van der Waals surface area contributed by atoms with Gasteiger partial charge in [0.25, 0.3) is 11.8 Å².